The summed E-state index contributed by atoms with van der Waals surface area (Å²) in [6.07, 6.45) is 16.1. The van der Waals surface area contributed by atoms with Crippen molar-refractivity contribution < 1.29 is 0 Å². The molecule has 0 aliphatic carbocycles. The summed E-state index contributed by atoms with van der Waals surface area (Å²) >= 11 is 0. The predicted octanol–water partition coefficient (Wildman–Crippen LogP) is 5.53. The molecule has 0 nitrogen and oxygen atoms in total. The second kappa shape index (κ2) is 10.7. The Labute approximate surface area is 102 Å². The highest BCUT2D eigenvalue weighted by atomic mass is 14.2. The fourth-order valence-electron chi connectivity index (χ4n) is 1.99. The molecule has 0 saturated heterocycles. The van der Waals surface area contributed by atoms with Crippen molar-refractivity contribution in [3.8, 4) is 0 Å². The number of rotatable bonds is 10. The van der Waals surface area contributed by atoms with E-state index in [2.05, 4.69) is 39.2 Å². The topological polar surface area (TPSA) is 0 Å². The van der Waals surface area contributed by atoms with Crippen LogP contribution >= 0.6 is 0 Å². The van der Waals surface area contributed by atoms with E-state index in [0.717, 1.165) is 31.1 Å². The lowest BCUT2D eigenvalue weighted by Gasteiger charge is -2.19. The first-order valence-electron chi connectivity index (χ1n) is 6.64. The summed E-state index contributed by atoms with van der Waals surface area (Å²) < 4.78 is 0. The van der Waals surface area contributed by atoms with Crippen molar-refractivity contribution in [3.63, 3.8) is 0 Å². The Hall–Kier alpha value is -0.780. The summed E-state index contributed by atoms with van der Waals surface area (Å²) in [5.74, 6) is 1.45. The lowest BCUT2D eigenvalue weighted by atomic mass is 9.86. The first-order valence-corrected chi connectivity index (χ1v) is 6.64. The van der Waals surface area contributed by atoms with Gasteiger partial charge in [0.05, 0.1) is 0 Å². The molecule has 0 heteroatoms. The van der Waals surface area contributed by atoms with E-state index in [1.807, 2.05) is 12.2 Å². The summed E-state index contributed by atoms with van der Waals surface area (Å²) in [5.41, 5.74) is 0. The van der Waals surface area contributed by atoms with Gasteiger partial charge < -0.3 is 0 Å². The average molecular weight is 220 g/mol. The van der Waals surface area contributed by atoms with E-state index in [1.165, 1.54) is 19.3 Å². The third kappa shape index (κ3) is 7.50. The van der Waals surface area contributed by atoms with Gasteiger partial charge in [-0.25, -0.2) is 0 Å². The molecule has 0 aromatic rings. The molecule has 2 atom stereocenters. The Balaban J connectivity index is 4.03. The molecule has 0 radical (unpaired) electrons. The molecule has 16 heavy (non-hydrogen) atoms. The van der Waals surface area contributed by atoms with Crippen molar-refractivity contribution in [2.45, 2.75) is 52.4 Å². The van der Waals surface area contributed by atoms with Crippen LogP contribution in [0.5, 0.6) is 0 Å². The fourth-order valence-corrected chi connectivity index (χ4v) is 1.99. The Morgan fingerprint density at radius 3 is 2.44 bits per heavy atom. The van der Waals surface area contributed by atoms with Gasteiger partial charge in [-0.15, -0.1) is 13.2 Å². The predicted molar refractivity (Wildman–Crippen MR) is 75.6 cm³/mol. The van der Waals surface area contributed by atoms with Crippen LogP contribution in [-0.2, 0) is 0 Å². The maximum absolute atomic E-state index is 3.84. The summed E-state index contributed by atoms with van der Waals surface area (Å²) in [5, 5.41) is 0. The van der Waals surface area contributed by atoms with E-state index in [0.29, 0.717) is 0 Å². The van der Waals surface area contributed by atoms with Crippen molar-refractivity contribution >= 4 is 0 Å². The zero-order valence-electron chi connectivity index (χ0n) is 11.1. The normalized spacial score (nSPS) is 14.9. The maximum atomic E-state index is 3.84. The molecule has 0 aromatic carbocycles. The van der Waals surface area contributed by atoms with Gasteiger partial charge >= 0.3 is 0 Å². The molecule has 0 saturated carbocycles. The minimum atomic E-state index is 0.725. The third-order valence-electron chi connectivity index (χ3n) is 3.08. The average Bonchev–Trinajstić information content (AvgIpc) is 2.28. The molecule has 0 amide bonds. The highest BCUT2D eigenvalue weighted by Gasteiger charge is 2.12. The van der Waals surface area contributed by atoms with Crippen molar-refractivity contribution in [2.24, 2.45) is 11.8 Å². The monoisotopic (exact) mass is 220 g/mol. The molecule has 0 heterocycles. The van der Waals surface area contributed by atoms with E-state index < -0.39 is 0 Å². The van der Waals surface area contributed by atoms with Gasteiger partial charge in [0.25, 0.3) is 0 Å². The van der Waals surface area contributed by atoms with Crippen LogP contribution in [0.4, 0.5) is 0 Å². The summed E-state index contributed by atoms with van der Waals surface area (Å²) in [6, 6.07) is 0. The van der Waals surface area contributed by atoms with Gasteiger partial charge in [-0.05, 0) is 43.9 Å². The van der Waals surface area contributed by atoms with Crippen molar-refractivity contribution in [3.05, 3.63) is 37.5 Å². The molecule has 0 bridgehead atoms. The van der Waals surface area contributed by atoms with Crippen LogP contribution in [0.15, 0.2) is 37.5 Å². The minimum Gasteiger partial charge on any atom is -0.103 e. The van der Waals surface area contributed by atoms with Crippen LogP contribution in [-0.4, -0.2) is 0 Å². The molecular formula is C16H28. The molecule has 0 aliphatic rings. The first-order chi connectivity index (χ1) is 7.76. The Kier molecular flexibility index (Phi) is 10.2. The van der Waals surface area contributed by atoms with Crippen LogP contribution in [0.3, 0.4) is 0 Å². The van der Waals surface area contributed by atoms with Gasteiger partial charge in [0, 0.05) is 0 Å². The van der Waals surface area contributed by atoms with Crippen LogP contribution in [0, 0.1) is 11.8 Å². The number of allylic oxidation sites excluding steroid dienone is 4. The molecule has 92 valence electrons. The van der Waals surface area contributed by atoms with E-state index in [1.54, 1.807) is 0 Å². The van der Waals surface area contributed by atoms with Gasteiger partial charge in [0.1, 0.15) is 0 Å². The summed E-state index contributed by atoms with van der Waals surface area (Å²) in [4.78, 5) is 0. The number of hydrogen-bond acceptors (Lipinski definition) is 0. The highest BCUT2D eigenvalue weighted by molar-refractivity contribution is 4.91. The van der Waals surface area contributed by atoms with Crippen LogP contribution < -0.4 is 0 Å². The van der Waals surface area contributed by atoms with Gasteiger partial charge in [-0.1, -0.05) is 44.6 Å². The number of hydrogen-bond donors (Lipinski definition) is 0. The minimum absolute atomic E-state index is 0.725. The standard InChI is InChI=1S/C16H28/c1-5-8-10-11-14-16(13-9-6-2)15(4)12-7-3/h5,7,9,13,15-16H,1,3,6,8,10-12,14H2,2,4H3. The molecule has 0 aromatic heterocycles. The molecule has 0 rings (SSSR count). The van der Waals surface area contributed by atoms with Crippen LogP contribution in [0.25, 0.3) is 0 Å². The van der Waals surface area contributed by atoms with Gasteiger partial charge in [-0.2, -0.15) is 0 Å². The van der Waals surface area contributed by atoms with Crippen molar-refractivity contribution in [2.75, 3.05) is 0 Å². The molecule has 0 aliphatic heterocycles. The lowest BCUT2D eigenvalue weighted by Crippen LogP contribution is -2.08. The van der Waals surface area contributed by atoms with E-state index in [-0.39, 0.29) is 0 Å². The van der Waals surface area contributed by atoms with Crippen molar-refractivity contribution in [1.82, 2.24) is 0 Å². The van der Waals surface area contributed by atoms with Gasteiger partial charge in [-0.3, -0.25) is 0 Å². The smallest absolute Gasteiger partial charge is 0.0205 e. The number of unbranched alkanes of at least 4 members (excludes halogenated alkanes) is 2. The summed E-state index contributed by atoms with van der Waals surface area (Å²) in [6.45, 7) is 12.1. The second-order valence-corrected chi connectivity index (χ2v) is 4.58. The highest BCUT2D eigenvalue weighted by Crippen LogP contribution is 2.23. The largest absolute Gasteiger partial charge is 0.103 e. The second-order valence-electron chi connectivity index (χ2n) is 4.58. The molecule has 0 N–H and O–H groups in total. The summed E-state index contributed by atoms with van der Waals surface area (Å²) in [7, 11) is 0. The van der Waals surface area contributed by atoms with Crippen LogP contribution in [0.1, 0.15) is 52.4 Å². The maximum Gasteiger partial charge on any atom is -0.0205 e. The zero-order chi connectivity index (χ0) is 12.2. The quantitative estimate of drug-likeness (QED) is 0.335. The van der Waals surface area contributed by atoms with E-state index >= 15 is 0 Å². The van der Waals surface area contributed by atoms with Gasteiger partial charge in [0.2, 0.25) is 0 Å². The van der Waals surface area contributed by atoms with Crippen molar-refractivity contribution in [1.29, 1.82) is 0 Å². The SMILES string of the molecule is C=CCCCCC(C=CCC)C(C)CC=C. The Morgan fingerprint density at radius 2 is 1.88 bits per heavy atom. The molecule has 0 spiro atoms. The third-order valence-corrected chi connectivity index (χ3v) is 3.08. The fraction of sp³-hybridized carbons (Fsp3) is 0.625. The molecular weight excluding hydrogens is 192 g/mol. The van der Waals surface area contributed by atoms with E-state index in [9.17, 15) is 0 Å². The van der Waals surface area contributed by atoms with Crippen LogP contribution in [0.2, 0.25) is 0 Å². The molecule has 2 unspecified atom stereocenters. The Morgan fingerprint density at radius 1 is 1.12 bits per heavy atom. The lowest BCUT2D eigenvalue weighted by molar-refractivity contribution is 0.394. The molecule has 0 fully saturated rings. The van der Waals surface area contributed by atoms with Gasteiger partial charge in [0.15, 0.2) is 0 Å². The first kappa shape index (κ1) is 15.2. The van der Waals surface area contributed by atoms with E-state index in [4.69, 9.17) is 0 Å². The zero-order valence-corrected chi connectivity index (χ0v) is 11.1. The Bertz CT molecular complexity index is 200.